The Kier molecular flexibility index (Phi) is 8.67. The van der Waals surface area contributed by atoms with Crippen molar-refractivity contribution in [1.29, 1.82) is 0 Å². The summed E-state index contributed by atoms with van der Waals surface area (Å²) in [5.41, 5.74) is -0.0693. The maximum atomic E-state index is 12.5. The molecule has 0 radical (unpaired) electrons. The van der Waals surface area contributed by atoms with Crippen molar-refractivity contribution in [3.05, 3.63) is 0 Å². The topological polar surface area (TPSA) is 41.1 Å². The largest absolute Gasteiger partial charge is 0.354 e. The number of carbonyl (C=O) groups is 1. The van der Waals surface area contributed by atoms with E-state index in [-0.39, 0.29) is 17.8 Å². The molecule has 1 aliphatic carbocycles. The molecule has 1 rings (SSSR count). The maximum absolute atomic E-state index is 12.5. The van der Waals surface area contributed by atoms with Crippen LogP contribution in [0.4, 0.5) is 0 Å². The second-order valence-corrected chi connectivity index (χ2v) is 6.25. The molecule has 2 N–H and O–H groups in total. The minimum Gasteiger partial charge on any atom is -0.354 e. The highest BCUT2D eigenvalue weighted by molar-refractivity contribution is 5.85. The second kappa shape index (κ2) is 8.80. The molecule has 0 aliphatic heterocycles. The van der Waals surface area contributed by atoms with Crippen molar-refractivity contribution >= 4 is 18.3 Å². The van der Waals surface area contributed by atoms with Gasteiger partial charge in [0.2, 0.25) is 5.91 Å². The van der Waals surface area contributed by atoms with Gasteiger partial charge in [-0.3, -0.25) is 4.79 Å². The summed E-state index contributed by atoms with van der Waals surface area (Å²) in [5.74, 6) is 0.887. The summed E-state index contributed by atoms with van der Waals surface area (Å²) in [6, 6.07) is 0.358. The normalized spacial score (nSPS) is 19.0. The van der Waals surface area contributed by atoms with Crippen LogP contribution in [0.5, 0.6) is 0 Å². The van der Waals surface area contributed by atoms with E-state index in [0.29, 0.717) is 17.9 Å². The monoisotopic (exact) mass is 290 g/mol. The van der Waals surface area contributed by atoms with Crippen molar-refractivity contribution in [2.45, 2.75) is 65.8 Å². The molecule has 0 unspecified atom stereocenters. The van der Waals surface area contributed by atoms with Crippen LogP contribution in [-0.4, -0.2) is 25.0 Å². The minimum absolute atomic E-state index is 0. The summed E-state index contributed by atoms with van der Waals surface area (Å²) in [6.07, 6.45) is 5.61. The van der Waals surface area contributed by atoms with Gasteiger partial charge in [-0.15, -0.1) is 12.4 Å². The van der Waals surface area contributed by atoms with Gasteiger partial charge in [0, 0.05) is 18.0 Å². The lowest BCUT2D eigenvalue weighted by atomic mass is 9.77. The summed E-state index contributed by atoms with van der Waals surface area (Å²) in [6.45, 7) is 10.3. The summed E-state index contributed by atoms with van der Waals surface area (Å²) < 4.78 is 0. The molecule has 1 fully saturated rings. The summed E-state index contributed by atoms with van der Waals surface area (Å²) in [4.78, 5) is 12.5. The Morgan fingerprint density at radius 2 is 1.79 bits per heavy atom. The van der Waals surface area contributed by atoms with Gasteiger partial charge in [0.25, 0.3) is 0 Å². The summed E-state index contributed by atoms with van der Waals surface area (Å²) in [5, 5.41) is 6.48. The van der Waals surface area contributed by atoms with E-state index >= 15 is 0 Å². The number of halogens is 1. The van der Waals surface area contributed by atoms with Gasteiger partial charge in [0.05, 0.1) is 0 Å². The quantitative estimate of drug-likeness (QED) is 0.756. The van der Waals surface area contributed by atoms with Crippen molar-refractivity contribution in [3.8, 4) is 0 Å². The van der Waals surface area contributed by atoms with E-state index < -0.39 is 0 Å². The van der Waals surface area contributed by atoms with Crippen molar-refractivity contribution in [3.63, 3.8) is 0 Å². The average molecular weight is 291 g/mol. The molecule has 4 heteroatoms. The Balaban J connectivity index is 0.00000324. The fourth-order valence-electron chi connectivity index (χ4n) is 3.21. The third-order valence-electron chi connectivity index (χ3n) is 3.96. The van der Waals surface area contributed by atoms with E-state index in [1.165, 1.54) is 12.8 Å². The van der Waals surface area contributed by atoms with Crippen LogP contribution in [0.1, 0.15) is 59.8 Å². The van der Waals surface area contributed by atoms with Crippen LogP contribution in [0, 0.1) is 11.3 Å². The first-order chi connectivity index (χ1) is 8.50. The summed E-state index contributed by atoms with van der Waals surface area (Å²) >= 11 is 0. The van der Waals surface area contributed by atoms with Crippen molar-refractivity contribution < 1.29 is 4.79 Å². The zero-order valence-electron chi connectivity index (χ0n) is 12.9. The van der Waals surface area contributed by atoms with Gasteiger partial charge in [0.1, 0.15) is 0 Å². The fraction of sp³-hybridized carbons (Fsp3) is 0.933. The molecule has 114 valence electrons. The molecule has 1 amide bonds. The zero-order valence-corrected chi connectivity index (χ0v) is 13.7. The molecule has 0 aromatic rings. The number of hydrogen-bond acceptors (Lipinski definition) is 2. The predicted octanol–water partition coefficient (Wildman–Crippen LogP) is 3.13. The Morgan fingerprint density at radius 3 is 2.26 bits per heavy atom. The van der Waals surface area contributed by atoms with Crippen molar-refractivity contribution in [2.24, 2.45) is 11.3 Å². The summed E-state index contributed by atoms with van der Waals surface area (Å²) in [7, 11) is 0. The standard InChI is InChI=1S/C15H30N2O.ClH/c1-5-16-13(4)11-17-14(18)15(10-12(2)3)8-6-7-9-15;/h12-13,16H,5-11H2,1-4H3,(H,17,18);1H/t13-;/m1./s1. The van der Waals surface area contributed by atoms with Gasteiger partial charge >= 0.3 is 0 Å². The Morgan fingerprint density at radius 1 is 1.21 bits per heavy atom. The predicted molar refractivity (Wildman–Crippen MR) is 83.8 cm³/mol. The molecular weight excluding hydrogens is 260 g/mol. The molecule has 1 aliphatic rings. The van der Waals surface area contributed by atoms with E-state index in [4.69, 9.17) is 0 Å². The van der Waals surface area contributed by atoms with Crippen LogP contribution in [0.25, 0.3) is 0 Å². The lowest BCUT2D eigenvalue weighted by Crippen LogP contribution is -2.45. The lowest BCUT2D eigenvalue weighted by Gasteiger charge is -2.30. The molecule has 0 heterocycles. The molecule has 0 spiro atoms. The number of amides is 1. The van der Waals surface area contributed by atoms with Gasteiger partial charge in [-0.2, -0.15) is 0 Å². The first kappa shape index (κ1) is 18.7. The van der Waals surface area contributed by atoms with Crippen LogP contribution < -0.4 is 10.6 Å². The van der Waals surface area contributed by atoms with E-state index in [1.54, 1.807) is 0 Å². The maximum Gasteiger partial charge on any atom is 0.226 e. The van der Waals surface area contributed by atoms with E-state index in [1.807, 2.05) is 0 Å². The van der Waals surface area contributed by atoms with E-state index in [2.05, 4.69) is 38.3 Å². The van der Waals surface area contributed by atoms with Crippen LogP contribution in [0.3, 0.4) is 0 Å². The first-order valence-corrected chi connectivity index (χ1v) is 7.52. The second-order valence-electron chi connectivity index (χ2n) is 6.25. The van der Waals surface area contributed by atoms with E-state index in [0.717, 1.165) is 32.4 Å². The van der Waals surface area contributed by atoms with E-state index in [9.17, 15) is 4.79 Å². The molecule has 1 saturated carbocycles. The molecule has 0 saturated heterocycles. The molecule has 0 bridgehead atoms. The van der Waals surface area contributed by atoms with Gasteiger partial charge in [-0.1, -0.05) is 33.6 Å². The lowest BCUT2D eigenvalue weighted by molar-refractivity contribution is -0.131. The SMILES string of the molecule is CCN[C@H](C)CNC(=O)C1(CC(C)C)CCCC1.Cl. The van der Waals surface area contributed by atoms with Crippen LogP contribution in [0.2, 0.25) is 0 Å². The Labute approximate surface area is 124 Å². The fourth-order valence-corrected chi connectivity index (χ4v) is 3.21. The molecule has 1 atom stereocenters. The van der Waals surface area contributed by atoms with Gasteiger partial charge < -0.3 is 10.6 Å². The first-order valence-electron chi connectivity index (χ1n) is 7.52. The van der Waals surface area contributed by atoms with Crippen LogP contribution in [-0.2, 0) is 4.79 Å². The molecule has 3 nitrogen and oxygen atoms in total. The number of hydrogen-bond donors (Lipinski definition) is 2. The molecular formula is C15H31ClN2O. The number of carbonyl (C=O) groups excluding carboxylic acids is 1. The highest BCUT2D eigenvalue weighted by Gasteiger charge is 2.41. The minimum atomic E-state index is -0.0693. The van der Waals surface area contributed by atoms with Crippen molar-refractivity contribution in [2.75, 3.05) is 13.1 Å². The Bertz CT molecular complexity index is 263. The van der Waals surface area contributed by atoms with Gasteiger partial charge in [-0.25, -0.2) is 0 Å². The molecule has 19 heavy (non-hydrogen) atoms. The number of likely N-dealkylation sites (N-methyl/N-ethyl adjacent to an activating group) is 1. The highest BCUT2D eigenvalue weighted by atomic mass is 35.5. The third kappa shape index (κ3) is 5.70. The third-order valence-corrected chi connectivity index (χ3v) is 3.96. The smallest absolute Gasteiger partial charge is 0.226 e. The number of rotatable bonds is 7. The Hall–Kier alpha value is -0.280. The van der Waals surface area contributed by atoms with Crippen LogP contribution >= 0.6 is 12.4 Å². The van der Waals surface area contributed by atoms with Crippen molar-refractivity contribution in [1.82, 2.24) is 10.6 Å². The highest BCUT2D eigenvalue weighted by Crippen LogP contribution is 2.43. The average Bonchev–Trinajstić information content (AvgIpc) is 2.75. The molecule has 0 aromatic heterocycles. The zero-order chi connectivity index (χ0) is 13.6. The number of nitrogens with one attached hydrogen (secondary N) is 2. The van der Waals surface area contributed by atoms with Crippen LogP contribution in [0.15, 0.2) is 0 Å². The van der Waals surface area contributed by atoms with Gasteiger partial charge in [0.15, 0.2) is 0 Å². The van der Waals surface area contributed by atoms with Gasteiger partial charge in [-0.05, 0) is 38.6 Å². The molecule has 0 aromatic carbocycles.